The molecule has 0 aromatic heterocycles. The van der Waals surface area contributed by atoms with Gasteiger partial charge in [-0.1, -0.05) is 33.1 Å². The highest BCUT2D eigenvalue weighted by molar-refractivity contribution is 5.02. The van der Waals surface area contributed by atoms with Crippen LogP contribution < -0.4 is 0 Å². The zero-order valence-corrected chi connectivity index (χ0v) is 7.56. The highest BCUT2D eigenvalue weighted by Crippen LogP contribution is 2.41. The van der Waals surface area contributed by atoms with Gasteiger partial charge in [0.25, 0.3) is 0 Å². The van der Waals surface area contributed by atoms with Crippen molar-refractivity contribution in [3.05, 3.63) is 0 Å². The number of rotatable bonds is 1. The van der Waals surface area contributed by atoms with Gasteiger partial charge in [0.2, 0.25) is 0 Å². The van der Waals surface area contributed by atoms with E-state index in [1.54, 1.807) is 0 Å². The summed E-state index contributed by atoms with van der Waals surface area (Å²) in [5, 5.41) is 9.06. The number of nitrogens with zero attached hydrogens (tertiary/aromatic N) is 1. The Morgan fingerprint density at radius 2 is 1.73 bits per heavy atom. The third-order valence-corrected chi connectivity index (χ3v) is 3.07. The Morgan fingerprint density at radius 3 is 2.00 bits per heavy atom. The number of hydrogen-bond donors (Lipinski definition) is 0. The van der Waals surface area contributed by atoms with E-state index in [9.17, 15) is 0 Å². The van der Waals surface area contributed by atoms with Crippen LogP contribution in [-0.4, -0.2) is 0 Å². The molecule has 0 saturated heterocycles. The molecule has 0 unspecified atom stereocenters. The molecule has 1 heteroatoms. The second kappa shape index (κ2) is 3.26. The molecule has 0 amide bonds. The second-order valence-electron chi connectivity index (χ2n) is 3.98. The van der Waals surface area contributed by atoms with Gasteiger partial charge in [0.15, 0.2) is 0 Å². The molecule has 1 nitrogen and oxygen atoms in total. The van der Waals surface area contributed by atoms with E-state index < -0.39 is 0 Å². The molecule has 0 aliphatic heterocycles. The lowest BCUT2D eigenvalue weighted by molar-refractivity contribution is 0.191. The molecule has 1 aliphatic carbocycles. The molecule has 62 valence electrons. The molecule has 0 bridgehead atoms. The Labute approximate surface area is 69.4 Å². The molecule has 0 spiro atoms. The highest BCUT2D eigenvalue weighted by atomic mass is 14.4. The van der Waals surface area contributed by atoms with Gasteiger partial charge in [-0.15, -0.1) is 0 Å². The minimum atomic E-state index is 0.0260. The van der Waals surface area contributed by atoms with Crippen LogP contribution in [0.2, 0.25) is 0 Å². The number of nitriles is 1. The van der Waals surface area contributed by atoms with E-state index in [1.807, 2.05) is 0 Å². The molecule has 11 heavy (non-hydrogen) atoms. The van der Waals surface area contributed by atoms with E-state index in [4.69, 9.17) is 5.26 Å². The van der Waals surface area contributed by atoms with Crippen molar-refractivity contribution in [2.45, 2.75) is 46.0 Å². The first-order valence-corrected chi connectivity index (χ1v) is 4.62. The van der Waals surface area contributed by atoms with E-state index in [1.165, 1.54) is 19.3 Å². The second-order valence-corrected chi connectivity index (χ2v) is 3.98. The summed E-state index contributed by atoms with van der Waals surface area (Å²) >= 11 is 0. The van der Waals surface area contributed by atoms with Gasteiger partial charge in [-0.05, 0) is 18.8 Å². The van der Waals surface area contributed by atoms with E-state index in [2.05, 4.69) is 19.9 Å². The van der Waals surface area contributed by atoms with Gasteiger partial charge in [-0.2, -0.15) is 5.26 Å². The molecular formula is C10H17N. The third-order valence-electron chi connectivity index (χ3n) is 3.07. The summed E-state index contributed by atoms with van der Waals surface area (Å²) in [5.41, 5.74) is 0.0260. The smallest absolute Gasteiger partial charge is 0.0692 e. The molecule has 1 fully saturated rings. The van der Waals surface area contributed by atoms with Crippen molar-refractivity contribution in [1.82, 2.24) is 0 Å². The number of hydrogen-bond acceptors (Lipinski definition) is 1. The van der Waals surface area contributed by atoms with Crippen LogP contribution >= 0.6 is 0 Å². The predicted octanol–water partition coefficient (Wildman–Crippen LogP) is 3.12. The Hall–Kier alpha value is -0.510. The quantitative estimate of drug-likeness (QED) is 0.565. The fourth-order valence-corrected chi connectivity index (χ4v) is 2.00. The van der Waals surface area contributed by atoms with Crippen LogP contribution in [0.4, 0.5) is 0 Å². The Kier molecular flexibility index (Phi) is 2.54. The highest BCUT2D eigenvalue weighted by Gasteiger charge is 2.34. The fraction of sp³-hybridized carbons (Fsp3) is 0.900. The minimum Gasteiger partial charge on any atom is -0.198 e. The van der Waals surface area contributed by atoms with E-state index in [0.717, 1.165) is 12.8 Å². The van der Waals surface area contributed by atoms with Gasteiger partial charge in [0.1, 0.15) is 0 Å². The molecule has 0 radical (unpaired) electrons. The summed E-state index contributed by atoms with van der Waals surface area (Å²) in [7, 11) is 0. The zero-order chi connectivity index (χ0) is 8.32. The normalized spacial score (nSPS) is 23.1. The molecule has 0 atom stereocenters. The Balaban J connectivity index is 2.67. The largest absolute Gasteiger partial charge is 0.198 e. The Morgan fingerprint density at radius 1 is 1.18 bits per heavy atom. The molecular weight excluding hydrogens is 134 g/mol. The molecule has 1 rings (SSSR count). The standard InChI is InChI=1S/C10H17N/c1-9(2)10(8-11)6-4-3-5-7-10/h9H,3-7H2,1-2H3. The molecule has 0 aromatic carbocycles. The van der Waals surface area contributed by atoms with Crippen LogP contribution in [0.15, 0.2) is 0 Å². The van der Waals surface area contributed by atoms with Gasteiger partial charge < -0.3 is 0 Å². The lowest BCUT2D eigenvalue weighted by Gasteiger charge is -2.34. The Bertz CT molecular complexity index is 158. The first-order chi connectivity index (χ1) is 5.21. The maximum atomic E-state index is 9.06. The summed E-state index contributed by atoms with van der Waals surface area (Å²) < 4.78 is 0. The van der Waals surface area contributed by atoms with Gasteiger partial charge in [0.05, 0.1) is 11.5 Å². The summed E-state index contributed by atoms with van der Waals surface area (Å²) in [6, 6.07) is 2.52. The van der Waals surface area contributed by atoms with Gasteiger partial charge in [0, 0.05) is 0 Å². The van der Waals surface area contributed by atoms with Crippen molar-refractivity contribution in [1.29, 1.82) is 5.26 Å². The van der Waals surface area contributed by atoms with Crippen molar-refractivity contribution in [2.75, 3.05) is 0 Å². The molecule has 0 aromatic rings. The SMILES string of the molecule is CC(C)C1(C#N)CCCCC1. The fourth-order valence-electron chi connectivity index (χ4n) is 2.00. The van der Waals surface area contributed by atoms with Crippen LogP contribution in [-0.2, 0) is 0 Å². The monoisotopic (exact) mass is 151 g/mol. The van der Waals surface area contributed by atoms with Crippen molar-refractivity contribution in [2.24, 2.45) is 11.3 Å². The summed E-state index contributed by atoms with van der Waals surface area (Å²) in [5.74, 6) is 0.535. The summed E-state index contributed by atoms with van der Waals surface area (Å²) in [6.45, 7) is 4.35. The molecule has 1 saturated carbocycles. The van der Waals surface area contributed by atoms with Crippen LogP contribution in [0.25, 0.3) is 0 Å². The molecule has 0 heterocycles. The van der Waals surface area contributed by atoms with E-state index in [0.29, 0.717) is 5.92 Å². The van der Waals surface area contributed by atoms with Crippen LogP contribution in [0.3, 0.4) is 0 Å². The predicted molar refractivity (Wildman–Crippen MR) is 46.0 cm³/mol. The van der Waals surface area contributed by atoms with Gasteiger partial charge >= 0.3 is 0 Å². The average Bonchev–Trinajstić information content (AvgIpc) is 2.05. The summed E-state index contributed by atoms with van der Waals surface area (Å²) in [4.78, 5) is 0. The maximum Gasteiger partial charge on any atom is 0.0692 e. The van der Waals surface area contributed by atoms with Crippen LogP contribution in [0, 0.1) is 22.7 Å². The van der Waals surface area contributed by atoms with E-state index in [-0.39, 0.29) is 5.41 Å². The zero-order valence-electron chi connectivity index (χ0n) is 7.56. The van der Waals surface area contributed by atoms with Crippen LogP contribution in [0.1, 0.15) is 46.0 Å². The first-order valence-electron chi connectivity index (χ1n) is 4.62. The molecule has 0 N–H and O–H groups in total. The minimum absolute atomic E-state index is 0.0260. The average molecular weight is 151 g/mol. The summed E-state index contributed by atoms with van der Waals surface area (Å²) in [6.07, 6.45) is 6.09. The van der Waals surface area contributed by atoms with Crippen molar-refractivity contribution < 1.29 is 0 Å². The third kappa shape index (κ3) is 1.56. The lowest BCUT2D eigenvalue weighted by Crippen LogP contribution is -2.27. The first kappa shape index (κ1) is 8.59. The van der Waals surface area contributed by atoms with Crippen molar-refractivity contribution >= 4 is 0 Å². The van der Waals surface area contributed by atoms with Gasteiger partial charge in [-0.25, -0.2) is 0 Å². The van der Waals surface area contributed by atoms with Crippen molar-refractivity contribution in [3.8, 4) is 6.07 Å². The molecule has 1 aliphatic rings. The maximum absolute atomic E-state index is 9.06. The van der Waals surface area contributed by atoms with Crippen LogP contribution in [0.5, 0.6) is 0 Å². The lowest BCUT2D eigenvalue weighted by atomic mass is 9.68. The van der Waals surface area contributed by atoms with Gasteiger partial charge in [-0.3, -0.25) is 0 Å². The van der Waals surface area contributed by atoms with Crippen molar-refractivity contribution in [3.63, 3.8) is 0 Å². The topological polar surface area (TPSA) is 23.8 Å². The van der Waals surface area contributed by atoms with E-state index >= 15 is 0 Å².